The van der Waals surface area contributed by atoms with Gasteiger partial charge in [0.15, 0.2) is 0 Å². The van der Waals surface area contributed by atoms with Crippen molar-refractivity contribution in [3.63, 3.8) is 0 Å². The number of hydrogen-bond acceptors (Lipinski definition) is 5. The molecule has 1 heterocycles. The summed E-state index contributed by atoms with van der Waals surface area (Å²) in [6.07, 6.45) is 0. The molecule has 9 heteroatoms. The summed E-state index contributed by atoms with van der Waals surface area (Å²) in [5.41, 5.74) is -0.139. The van der Waals surface area contributed by atoms with Crippen LogP contribution in [0.15, 0.2) is 16.6 Å². The minimum Gasteiger partial charge on any atom is -0.363 e. The number of halogens is 3. The van der Waals surface area contributed by atoms with E-state index in [1.165, 1.54) is 0 Å². The van der Waals surface area contributed by atoms with Crippen LogP contribution >= 0.6 is 27.3 Å². The number of benzene rings is 1. The molecule has 0 atom stereocenters. The topological polar surface area (TPSA) is 66.9 Å². The Balaban J connectivity index is 2.21. The third kappa shape index (κ3) is 3.04. The zero-order valence-electron chi connectivity index (χ0n) is 9.50. The van der Waals surface area contributed by atoms with Gasteiger partial charge in [0.2, 0.25) is 10.1 Å². The molecule has 1 amide bonds. The molecule has 0 aliphatic rings. The van der Waals surface area contributed by atoms with Gasteiger partial charge in [-0.15, -0.1) is 10.2 Å². The van der Waals surface area contributed by atoms with Crippen LogP contribution < -0.4 is 10.6 Å². The molecule has 19 heavy (non-hydrogen) atoms. The first kappa shape index (κ1) is 13.8. The first-order valence-electron chi connectivity index (χ1n) is 4.98. The van der Waals surface area contributed by atoms with Gasteiger partial charge < -0.3 is 10.6 Å². The lowest BCUT2D eigenvalue weighted by atomic mass is 10.3. The molecule has 0 aliphatic heterocycles. The van der Waals surface area contributed by atoms with Gasteiger partial charge >= 0.3 is 0 Å². The van der Waals surface area contributed by atoms with Gasteiger partial charge in [-0.2, -0.15) is 0 Å². The average Bonchev–Trinajstić information content (AvgIpc) is 2.84. The van der Waals surface area contributed by atoms with E-state index in [1.807, 2.05) is 0 Å². The summed E-state index contributed by atoms with van der Waals surface area (Å²) in [5.74, 6) is -2.23. The Morgan fingerprint density at radius 2 is 2.05 bits per heavy atom. The molecule has 0 saturated carbocycles. The lowest BCUT2D eigenvalue weighted by Crippen LogP contribution is -2.13. The van der Waals surface area contributed by atoms with Crippen molar-refractivity contribution in [3.05, 3.63) is 33.2 Å². The Labute approximate surface area is 119 Å². The van der Waals surface area contributed by atoms with Crippen LogP contribution in [0, 0.1) is 11.6 Å². The van der Waals surface area contributed by atoms with Crippen molar-refractivity contribution < 1.29 is 13.6 Å². The van der Waals surface area contributed by atoms with Crippen LogP contribution in [-0.4, -0.2) is 23.2 Å². The maximum absolute atomic E-state index is 13.5. The Bertz CT molecular complexity index is 634. The van der Waals surface area contributed by atoms with E-state index in [0.29, 0.717) is 11.2 Å². The molecule has 0 bridgehead atoms. The highest BCUT2D eigenvalue weighted by atomic mass is 79.9. The van der Waals surface area contributed by atoms with Crippen LogP contribution in [0.25, 0.3) is 0 Å². The van der Waals surface area contributed by atoms with E-state index in [4.69, 9.17) is 0 Å². The average molecular weight is 349 g/mol. The first-order valence-corrected chi connectivity index (χ1v) is 6.59. The van der Waals surface area contributed by atoms with Crippen LogP contribution in [0.3, 0.4) is 0 Å². The highest BCUT2D eigenvalue weighted by molar-refractivity contribution is 9.10. The molecule has 2 N–H and O–H groups in total. The van der Waals surface area contributed by atoms with Crippen molar-refractivity contribution in [2.24, 2.45) is 0 Å². The summed E-state index contributed by atoms with van der Waals surface area (Å²) in [4.78, 5) is 11.8. The molecule has 0 fully saturated rings. The number of carbonyl (C=O) groups is 1. The summed E-state index contributed by atoms with van der Waals surface area (Å²) in [6, 6.07) is 1.82. The van der Waals surface area contributed by atoms with Gasteiger partial charge in [-0.3, -0.25) is 4.79 Å². The highest BCUT2D eigenvalue weighted by Gasteiger charge is 2.16. The number of hydrogen-bond donors (Lipinski definition) is 2. The number of aromatic nitrogens is 2. The molecular weight excluding hydrogens is 342 g/mol. The van der Waals surface area contributed by atoms with Gasteiger partial charge in [-0.1, -0.05) is 11.3 Å². The van der Waals surface area contributed by atoms with Gasteiger partial charge in [-0.25, -0.2) is 8.78 Å². The quantitative estimate of drug-likeness (QED) is 0.837. The lowest BCUT2D eigenvalue weighted by Gasteiger charge is -2.05. The smallest absolute Gasteiger partial charge is 0.286 e. The Hall–Kier alpha value is -1.61. The van der Waals surface area contributed by atoms with Crippen molar-refractivity contribution in [1.82, 2.24) is 10.2 Å². The van der Waals surface area contributed by atoms with E-state index in [2.05, 4.69) is 36.8 Å². The molecule has 0 saturated heterocycles. The molecule has 0 aliphatic carbocycles. The molecule has 2 rings (SSSR count). The molecule has 1 aromatic heterocycles. The van der Waals surface area contributed by atoms with Crippen LogP contribution in [0.1, 0.15) is 9.80 Å². The maximum atomic E-state index is 13.5. The Morgan fingerprint density at radius 3 is 2.68 bits per heavy atom. The third-order valence-corrected chi connectivity index (χ3v) is 3.64. The standard InChI is InChI=1S/C10H7BrF2N4OS/c1-14-10-17-16-9(19-10)8(18)15-7-2-4(11)5(12)3-6(7)13/h2-3H,1H3,(H,14,17)(H,15,18). The molecular formula is C10H7BrF2N4OS. The minimum atomic E-state index is -0.868. The highest BCUT2D eigenvalue weighted by Crippen LogP contribution is 2.24. The Kier molecular flexibility index (Phi) is 4.05. The molecule has 100 valence electrons. The summed E-state index contributed by atoms with van der Waals surface area (Å²) in [7, 11) is 1.64. The van der Waals surface area contributed by atoms with Crippen molar-refractivity contribution in [3.8, 4) is 0 Å². The van der Waals surface area contributed by atoms with E-state index in [1.54, 1.807) is 7.05 Å². The van der Waals surface area contributed by atoms with Gasteiger partial charge in [0.05, 0.1) is 10.2 Å². The molecule has 5 nitrogen and oxygen atoms in total. The summed E-state index contributed by atoms with van der Waals surface area (Å²) in [5, 5.41) is 12.9. The second kappa shape index (κ2) is 5.57. The maximum Gasteiger partial charge on any atom is 0.286 e. The molecule has 2 aromatic rings. The number of anilines is 2. The molecule has 1 aromatic carbocycles. The summed E-state index contributed by atoms with van der Waals surface area (Å²) < 4.78 is 26.6. The fourth-order valence-electron chi connectivity index (χ4n) is 1.21. The van der Waals surface area contributed by atoms with Crippen LogP contribution in [0.2, 0.25) is 0 Å². The third-order valence-electron chi connectivity index (χ3n) is 2.09. The largest absolute Gasteiger partial charge is 0.363 e. The van der Waals surface area contributed by atoms with Gasteiger partial charge in [0.1, 0.15) is 11.6 Å². The van der Waals surface area contributed by atoms with E-state index in [9.17, 15) is 13.6 Å². The minimum absolute atomic E-state index is 0.0531. The number of nitrogens with one attached hydrogen (secondary N) is 2. The zero-order valence-corrected chi connectivity index (χ0v) is 11.9. The van der Waals surface area contributed by atoms with Crippen molar-refractivity contribution in [2.75, 3.05) is 17.7 Å². The predicted molar refractivity (Wildman–Crippen MR) is 71.5 cm³/mol. The Morgan fingerprint density at radius 1 is 1.32 bits per heavy atom. The van der Waals surface area contributed by atoms with E-state index in [-0.39, 0.29) is 15.2 Å². The molecule has 0 radical (unpaired) electrons. The van der Waals surface area contributed by atoms with Crippen molar-refractivity contribution >= 4 is 44.0 Å². The second-order valence-corrected chi connectivity index (χ2v) is 5.19. The van der Waals surface area contributed by atoms with E-state index < -0.39 is 17.5 Å². The number of rotatable bonds is 3. The lowest BCUT2D eigenvalue weighted by molar-refractivity contribution is 0.102. The predicted octanol–water partition coefficient (Wildman–Crippen LogP) is 2.87. The summed E-state index contributed by atoms with van der Waals surface area (Å²) >= 11 is 3.93. The SMILES string of the molecule is CNc1nnc(C(=O)Nc2cc(Br)c(F)cc2F)s1. The molecule has 0 spiro atoms. The van der Waals surface area contributed by atoms with Crippen LogP contribution in [-0.2, 0) is 0 Å². The summed E-state index contributed by atoms with van der Waals surface area (Å²) in [6.45, 7) is 0. The first-order chi connectivity index (χ1) is 9.01. The number of nitrogens with zero attached hydrogens (tertiary/aromatic N) is 2. The number of carbonyl (C=O) groups excluding carboxylic acids is 1. The second-order valence-electron chi connectivity index (χ2n) is 3.36. The molecule has 0 unspecified atom stereocenters. The fourth-order valence-corrected chi connectivity index (χ4v) is 2.15. The van der Waals surface area contributed by atoms with Crippen LogP contribution in [0.5, 0.6) is 0 Å². The van der Waals surface area contributed by atoms with E-state index >= 15 is 0 Å². The normalized spacial score (nSPS) is 10.3. The van der Waals surface area contributed by atoms with E-state index in [0.717, 1.165) is 17.4 Å². The van der Waals surface area contributed by atoms with Crippen LogP contribution in [0.4, 0.5) is 19.6 Å². The van der Waals surface area contributed by atoms with Crippen molar-refractivity contribution in [1.29, 1.82) is 0 Å². The fraction of sp³-hybridized carbons (Fsp3) is 0.100. The van der Waals surface area contributed by atoms with Gasteiger partial charge in [0.25, 0.3) is 5.91 Å². The zero-order chi connectivity index (χ0) is 14.0. The van der Waals surface area contributed by atoms with Gasteiger partial charge in [-0.05, 0) is 22.0 Å². The monoisotopic (exact) mass is 348 g/mol. The number of amides is 1. The van der Waals surface area contributed by atoms with Gasteiger partial charge in [0, 0.05) is 13.1 Å². The van der Waals surface area contributed by atoms with Crippen molar-refractivity contribution in [2.45, 2.75) is 0 Å².